The smallest absolute Gasteiger partial charge is 0.273 e. The molecule has 0 atom stereocenters. The molecule has 0 saturated heterocycles. The van der Waals surface area contributed by atoms with Crippen LogP contribution in [0, 0.1) is 0 Å². The number of likely N-dealkylation sites (N-methyl/N-ethyl adjacent to an activating group) is 1. The number of nitrogens with zero attached hydrogens (tertiary/aromatic N) is 2. The van der Waals surface area contributed by atoms with Crippen LogP contribution in [-0.2, 0) is 6.54 Å². The van der Waals surface area contributed by atoms with Crippen LogP contribution < -0.4 is 10.5 Å². The van der Waals surface area contributed by atoms with Crippen molar-refractivity contribution in [2.24, 2.45) is 5.73 Å². The highest BCUT2D eigenvalue weighted by Crippen LogP contribution is 2.15. The first-order valence-electron chi connectivity index (χ1n) is 6.38. The molecule has 0 aliphatic rings. The Balaban J connectivity index is 0.00000242. The summed E-state index contributed by atoms with van der Waals surface area (Å²) in [7, 11) is 1.72. The van der Waals surface area contributed by atoms with Crippen molar-refractivity contribution in [1.82, 2.24) is 9.88 Å². The second kappa shape index (κ2) is 8.95. The van der Waals surface area contributed by atoms with E-state index in [1.807, 2.05) is 0 Å². The summed E-state index contributed by atoms with van der Waals surface area (Å²) in [6.45, 7) is 1.22. The Labute approximate surface area is 144 Å². The van der Waals surface area contributed by atoms with Crippen LogP contribution in [0.2, 0.25) is 5.02 Å². The molecule has 120 valence electrons. The fourth-order valence-corrected chi connectivity index (χ4v) is 2.41. The molecule has 1 aromatic carbocycles. The molecular weight excluding hydrogens is 345 g/mol. The molecule has 0 fully saturated rings. The highest BCUT2D eigenvalue weighted by atomic mass is 35.5. The molecule has 0 bridgehead atoms. The highest BCUT2D eigenvalue weighted by molar-refractivity contribution is 7.09. The van der Waals surface area contributed by atoms with Crippen LogP contribution in [0.15, 0.2) is 29.6 Å². The van der Waals surface area contributed by atoms with Crippen LogP contribution >= 0.6 is 35.3 Å². The van der Waals surface area contributed by atoms with Crippen molar-refractivity contribution < 1.29 is 9.53 Å². The van der Waals surface area contributed by atoms with E-state index in [0.717, 1.165) is 10.8 Å². The van der Waals surface area contributed by atoms with Gasteiger partial charge in [0.05, 0.1) is 6.54 Å². The largest absolute Gasteiger partial charge is 0.492 e. The third-order valence-corrected chi connectivity index (χ3v) is 3.92. The first-order valence-corrected chi connectivity index (χ1v) is 7.64. The van der Waals surface area contributed by atoms with Gasteiger partial charge in [0.15, 0.2) is 0 Å². The number of carbonyl (C=O) groups excluding carboxylic acids is 1. The van der Waals surface area contributed by atoms with Crippen molar-refractivity contribution in [3.8, 4) is 5.75 Å². The third-order valence-electron chi connectivity index (χ3n) is 2.80. The minimum atomic E-state index is -0.134. The zero-order valence-electron chi connectivity index (χ0n) is 12.0. The summed E-state index contributed by atoms with van der Waals surface area (Å²) in [5.74, 6) is 0.588. The fraction of sp³-hybridized carbons (Fsp3) is 0.286. The third kappa shape index (κ3) is 5.14. The van der Waals surface area contributed by atoms with Gasteiger partial charge in [-0.15, -0.1) is 23.7 Å². The lowest BCUT2D eigenvalue weighted by Crippen LogP contribution is -2.31. The molecule has 5 nitrogen and oxygen atoms in total. The van der Waals surface area contributed by atoms with Gasteiger partial charge in [-0.1, -0.05) is 11.6 Å². The maximum atomic E-state index is 12.1. The Hall–Kier alpha value is -1.34. The topological polar surface area (TPSA) is 68.5 Å². The molecule has 0 unspecified atom stereocenters. The molecule has 1 heterocycles. The second-order valence-corrected chi connectivity index (χ2v) is 5.74. The molecular formula is C14H17Cl2N3O2S. The minimum absolute atomic E-state index is 0. The van der Waals surface area contributed by atoms with Crippen LogP contribution in [0.3, 0.4) is 0 Å². The van der Waals surface area contributed by atoms with Crippen LogP contribution in [0.5, 0.6) is 5.75 Å². The lowest BCUT2D eigenvalue weighted by molar-refractivity contribution is 0.0768. The number of aromatic nitrogens is 1. The van der Waals surface area contributed by atoms with Crippen molar-refractivity contribution in [3.63, 3.8) is 0 Å². The Morgan fingerprint density at radius 1 is 1.41 bits per heavy atom. The summed E-state index contributed by atoms with van der Waals surface area (Å²) in [4.78, 5) is 17.9. The van der Waals surface area contributed by atoms with Crippen molar-refractivity contribution in [2.45, 2.75) is 6.54 Å². The van der Waals surface area contributed by atoms with Gasteiger partial charge in [-0.25, -0.2) is 4.98 Å². The summed E-state index contributed by atoms with van der Waals surface area (Å²) in [6, 6.07) is 7.10. The van der Waals surface area contributed by atoms with Gasteiger partial charge in [0.1, 0.15) is 23.1 Å². The minimum Gasteiger partial charge on any atom is -0.492 e. The van der Waals surface area contributed by atoms with E-state index in [0.29, 0.717) is 30.4 Å². The Morgan fingerprint density at radius 2 is 2.09 bits per heavy atom. The molecule has 22 heavy (non-hydrogen) atoms. The summed E-state index contributed by atoms with van der Waals surface area (Å²) >= 11 is 7.19. The van der Waals surface area contributed by atoms with Crippen molar-refractivity contribution in [1.29, 1.82) is 0 Å². The maximum absolute atomic E-state index is 12.1. The van der Waals surface area contributed by atoms with Crippen molar-refractivity contribution in [2.75, 3.05) is 20.2 Å². The number of nitrogens with two attached hydrogens (primary N) is 1. The molecule has 1 amide bonds. The first kappa shape index (κ1) is 18.7. The molecule has 1 aromatic heterocycles. The number of ether oxygens (including phenoxy) is 1. The van der Waals surface area contributed by atoms with E-state index in [1.54, 1.807) is 41.6 Å². The van der Waals surface area contributed by atoms with E-state index in [-0.39, 0.29) is 18.3 Å². The molecule has 2 aromatic rings. The lowest BCUT2D eigenvalue weighted by atomic mass is 10.3. The maximum Gasteiger partial charge on any atom is 0.273 e. The van der Waals surface area contributed by atoms with Gasteiger partial charge >= 0.3 is 0 Å². The Bertz CT molecular complexity index is 604. The average molecular weight is 362 g/mol. The number of rotatable bonds is 6. The number of thiazole rings is 1. The summed E-state index contributed by atoms with van der Waals surface area (Å²) in [5.41, 5.74) is 5.91. The molecule has 0 aliphatic heterocycles. The van der Waals surface area contributed by atoms with Crippen LogP contribution in [0.1, 0.15) is 15.5 Å². The number of hydrogen-bond acceptors (Lipinski definition) is 5. The van der Waals surface area contributed by atoms with Gasteiger partial charge in [-0.05, 0) is 24.3 Å². The average Bonchev–Trinajstić information content (AvgIpc) is 2.97. The molecule has 0 aliphatic carbocycles. The number of hydrogen-bond donors (Lipinski definition) is 1. The van der Waals surface area contributed by atoms with Crippen LogP contribution in [0.25, 0.3) is 0 Å². The lowest BCUT2D eigenvalue weighted by Gasteiger charge is -2.16. The van der Waals surface area contributed by atoms with Crippen LogP contribution in [0.4, 0.5) is 0 Å². The van der Waals surface area contributed by atoms with Crippen molar-refractivity contribution >= 4 is 41.3 Å². The van der Waals surface area contributed by atoms with Gasteiger partial charge in [0.2, 0.25) is 0 Å². The van der Waals surface area contributed by atoms with E-state index in [4.69, 9.17) is 22.1 Å². The Morgan fingerprint density at radius 3 is 2.68 bits per heavy atom. The molecule has 8 heteroatoms. The highest BCUT2D eigenvalue weighted by Gasteiger charge is 2.15. The first-order chi connectivity index (χ1) is 10.1. The zero-order chi connectivity index (χ0) is 15.2. The van der Waals surface area contributed by atoms with Gasteiger partial charge < -0.3 is 15.4 Å². The van der Waals surface area contributed by atoms with E-state index in [9.17, 15) is 4.79 Å². The second-order valence-electron chi connectivity index (χ2n) is 4.36. The Kier molecular flexibility index (Phi) is 7.61. The molecule has 0 radical (unpaired) electrons. The monoisotopic (exact) mass is 361 g/mol. The number of halogens is 2. The normalized spacial score (nSPS) is 9.95. The van der Waals surface area contributed by atoms with E-state index in [2.05, 4.69) is 4.98 Å². The van der Waals surface area contributed by atoms with E-state index < -0.39 is 0 Å². The number of amides is 1. The van der Waals surface area contributed by atoms with Gasteiger partial charge in [0, 0.05) is 24.0 Å². The molecule has 2 N–H and O–H groups in total. The summed E-state index contributed by atoms with van der Waals surface area (Å²) in [6.07, 6.45) is 0. The SMILES string of the molecule is CN(CCOc1ccc(Cl)cc1)C(=O)c1csc(CN)n1.Cl. The summed E-state index contributed by atoms with van der Waals surface area (Å²) < 4.78 is 5.55. The van der Waals surface area contributed by atoms with E-state index >= 15 is 0 Å². The van der Waals surface area contributed by atoms with E-state index in [1.165, 1.54) is 11.3 Å². The fourth-order valence-electron chi connectivity index (χ4n) is 1.63. The van der Waals surface area contributed by atoms with Crippen LogP contribution in [-0.4, -0.2) is 36.0 Å². The number of benzene rings is 1. The predicted octanol–water partition coefficient (Wildman–Crippen LogP) is 2.83. The molecule has 2 rings (SSSR count). The standard InChI is InChI=1S/C14H16ClN3O2S.ClH/c1-18(14(19)12-9-21-13(8-16)17-12)6-7-20-11-4-2-10(15)3-5-11;/h2-5,9H,6-8,16H2,1H3;1H. The van der Waals surface area contributed by atoms with Gasteiger partial charge in [0.25, 0.3) is 5.91 Å². The quantitative estimate of drug-likeness (QED) is 0.858. The predicted molar refractivity (Wildman–Crippen MR) is 91.2 cm³/mol. The zero-order valence-corrected chi connectivity index (χ0v) is 14.4. The summed E-state index contributed by atoms with van der Waals surface area (Å²) in [5, 5.41) is 3.14. The molecule has 0 spiro atoms. The van der Waals surface area contributed by atoms with Crippen molar-refractivity contribution in [3.05, 3.63) is 45.4 Å². The van der Waals surface area contributed by atoms with Gasteiger partial charge in [-0.2, -0.15) is 0 Å². The van der Waals surface area contributed by atoms with Gasteiger partial charge in [-0.3, -0.25) is 4.79 Å². The number of carbonyl (C=O) groups is 1. The molecule has 0 saturated carbocycles.